The highest BCUT2D eigenvalue weighted by Gasteiger charge is 2.31. The van der Waals surface area contributed by atoms with E-state index >= 15 is 0 Å². The number of nitrogens with zero attached hydrogens (tertiary/aromatic N) is 1. The van der Waals surface area contributed by atoms with Gasteiger partial charge in [0.25, 0.3) is 10.1 Å². The van der Waals surface area contributed by atoms with Crippen molar-refractivity contribution >= 4 is 21.7 Å². The Balaban J connectivity index is 2.12. The minimum Gasteiger partial charge on any atom is -0.327 e. The lowest BCUT2D eigenvalue weighted by molar-refractivity contribution is 0.142. The highest BCUT2D eigenvalue weighted by molar-refractivity contribution is 7.86. The van der Waals surface area contributed by atoms with E-state index in [1.165, 1.54) is 0 Å². The summed E-state index contributed by atoms with van der Waals surface area (Å²) in [6.45, 7) is 0. The van der Waals surface area contributed by atoms with Crippen molar-refractivity contribution in [2.24, 2.45) is 5.73 Å². The Morgan fingerprint density at radius 2 is 2.16 bits per heavy atom. The van der Waals surface area contributed by atoms with E-state index in [0.717, 1.165) is 18.2 Å². The molecule has 1 heterocycles. The van der Waals surface area contributed by atoms with Gasteiger partial charge in [-0.1, -0.05) is 17.7 Å². The number of nitrogens with two attached hydrogens (primary N) is 1. The maximum atomic E-state index is 11.2. The number of halogens is 1. The Kier molecular flexibility index (Phi) is 4.45. The topological polar surface area (TPSA) is 82.3 Å². The van der Waals surface area contributed by atoms with E-state index < -0.39 is 10.1 Å². The first-order valence-electron chi connectivity index (χ1n) is 6.10. The average molecular weight is 305 g/mol. The number of hydrogen-bond donors (Lipinski definition) is 1. The quantitative estimate of drug-likeness (QED) is 0.678. The van der Waals surface area contributed by atoms with Crippen LogP contribution >= 0.6 is 11.6 Å². The lowest BCUT2D eigenvalue weighted by atomic mass is 9.80. The van der Waals surface area contributed by atoms with Crippen LogP contribution in [0.15, 0.2) is 18.3 Å². The molecule has 19 heavy (non-hydrogen) atoms. The van der Waals surface area contributed by atoms with Crippen molar-refractivity contribution < 1.29 is 12.6 Å². The summed E-state index contributed by atoms with van der Waals surface area (Å²) >= 11 is 5.76. The van der Waals surface area contributed by atoms with E-state index in [4.69, 9.17) is 21.5 Å². The summed E-state index contributed by atoms with van der Waals surface area (Å²) in [7, 11) is -3.43. The predicted molar refractivity (Wildman–Crippen MR) is 73.5 cm³/mol. The van der Waals surface area contributed by atoms with E-state index in [1.54, 1.807) is 12.3 Å². The van der Waals surface area contributed by atoms with Crippen LogP contribution in [-0.2, 0) is 14.3 Å². The second-order valence-electron chi connectivity index (χ2n) is 4.92. The van der Waals surface area contributed by atoms with Gasteiger partial charge in [-0.25, -0.2) is 4.98 Å². The molecule has 0 aliphatic heterocycles. The molecule has 1 aliphatic rings. The van der Waals surface area contributed by atoms with Gasteiger partial charge in [0.15, 0.2) is 0 Å². The zero-order valence-electron chi connectivity index (χ0n) is 10.6. The molecular weight excluding hydrogens is 288 g/mol. The molecule has 0 amide bonds. The van der Waals surface area contributed by atoms with Crippen molar-refractivity contribution in [3.63, 3.8) is 0 Å². The molecule has 2 rings (SSSR count). The standard InChI is InChI=1S/C12H17ClN2O3S/c1-19(16,17)18-9-3-4-11(14)10(6-9)8-2-5-12(13)15-7-8/h2,5,7,9-11H,3-4,6,14H2,1H3. The molecule has 1 aromatic rings. The molecule has 0 aromatic carbocycles. The van der Waals surface area contributed by atoms with Gasteiger partial charge in [0.1, 0.15) is 5.15 Å². The van der Waals surface area contributed by atoms with E-state index in [2.05, 4.69) is 4.98 Å². The largest absolute Gasteiger partial charge is 0.327 e. The van der Waals surface area contributed by atoms with Gasteiger partial charge >= 0.3 is 0 Å². The van der Waals surface area contributed by atoms with Crippen LogP contribution in [-0.4, -0.2) is 31.8 Å². The Bertz CT molecular complexity index is 532. The third-order valence-electron chi connectivity index (χ3n) is 3.34. The fraction of sp³-hybridized carbons (Fsp3) is 0.583. The first-order chi connectivity index (χ1) is 8.85. The molecule has 1 aromatic heterocycles. The normalized spacial score (nSPS) is 28.3. The number of pyridine rings is 1. The maximum absolute atomic E-state index is 11.2. The Labute approximate surface area is 118 Å². The highest BCUT2D eigenvalue weighted by atomic mass is 35.5. The minimum atomic E-state index is -3.43. The molecule has 1 fully saturated rings. The molecule has 7 heteroatoms. The first-order valence-corrected chi connectivity index (χ1v) is 8.30. The van der Waals surface area contributed by atoms with Gasteiger partial charge in [0.2, 0.25) is 0 Å². The van der Waals surface area contributed by atoms with Gasteiger partial charge < -0.3 is 5.73 Å². The Morgan fingerprint density at radius 1 is 1.42 bits per heavy atom. The van der Waals surface area contributed by atoms with Gasteiger partial charge in [-0.2, -0.15) is 8.42 Å². The van der Waals surface area contributed by atoms with Gasteiger partial charge in [0.05, 0.1) is 12.4 Å². The molecule has 0 bridgehead atoms. The zero-order valence-corrected chi connectivity index (χ0v) is 12.2. The summed E-state index contributed by atoms with van der Waals surface area (Å²) in [6, 6.07) is 3.58. The van der Waals surface area contributed by atoms with Crippen LogP contribution in [0.25, 0.3) is 0 Å². The van der Waals surface area contributed by atoms with E-state index in [0.29, 0.717) is 18.0 Å². The summed E-state index contributed by atoms with van der Waals surface area (Å²) in [6.07, 6.45) is 4.42. The summed E-state index contributed by atoms with van der Waals surface area (Å²) in [5.74, 6) is 0.0465. The summed E-state index contributed by atoms with van der Waals surface area (Å²) in [4.78, 5) is 4.04. The fourth-order valence-electron chi connectivity index (χ4n) is 2.48. The summed E-state index contributed by atoms with van der Waals surface area (Å²) in [5, 5.41) is 0.428. The molecule has 1 saturated carbocycles. The fourth-order valence-corrected chi connectivity index (χ4v) is 3.26. The Hall–Kier alpha value is -0.690. The van der Waals surface area contributed by atoms with Gasteiger partial charge in [-0.05, 0) is 30.9 Å². The number of rotatable bonds is 3. The maximum Gasteiger partial charge on any atom is 0.264 e. The third kappa shape index (κ3) is 4.14. The highest BCUT2D eigenvalue weighted by Crippen LogP contribution is 2.34. The smallest absolute Gasteiger partial charge is 0.264 e. The van der Waals surface area contributed by atoms with Crippen molar-refractivity contribution in [1.82, 2.24) is 4.98 Å². The molecular formula is C12H17ClN2O3S. The molecule has 3 atom stereocenters. The molecule has 0 spiro atoms. The summed E-state index contributed by atoms with van der Waals surface area (Å²) in [5.41, 5.74) is 7.08. The lowest BCUT2D eigenvalue weighted by Crippen LogP contribution is -2.38. The summed E-state index contributed by atoms with van der Waals surface area (Å²) < 4.78 is 27.4. The first kappa shape index (κ1) is 14.7. The van der Waals surface area contributed by atoms with Crippen molar-refractivity contribution in [3.8, 4) is 0 Å². The molecule has 5 nitrogen and oxygen atoms in total. The lowest BCUT2D eigenvalue weighted by Gasteiger charge is -2.33. The van der Waals surface area contributed by atoms with Gasteiger partial charge in [0, 0.05) is 18.2 Å². The molecule has 2 N–H and O–H groups in total. The van der Waals surface area contributed by atoms with Crippen LogP contribution in [0.4, 0.5) is 0 Å². The molecule has 106 valence electrons. The molecule has 0 radical (unpaired) electrons. The van der Waals surface area contributed by atoms with Crippen molar-refractivity contribution in [2.75, 3.05) is 6.26 Å². The van der Waals surface area contributed by atoms with Crippen molar-refractivity contribution in [3.05, 3.63) is 29.0 Å². The molecule has 0 saturated heterocycles. The minimum absolute atomic E-state index is 0.0117. The van der Waals surface area contributed by atoms with Gasteiger partial charge in [-0.15, -0.1) is 0 Å². The second-order valence-corrected chi connectivity index (χ2v) is 6.91. The van der Waals surface area contributed by atoms with Gasteiger partial charge in [-0.3, -0.25) is 4.18 Å². The Morgan fingerprint density at radius 3 is 2.74 bits per heavy atom. The average Bonchev–Trinajstić information content (AvgIpc) is 2.31. The van der Waals surface area contributed by atoms with Crippen LogP contribution in [0.1, 0.15) is 30.7 Å². The van der Waals surface area contributed by atoms with E-state index in [9.17, 15) is 8.42 Å². The zero-order chi connectivity index (χ0) is 14.0. The second kappa shape index (κ2) is 5.75. The predicted octanol–water partition coefficient (Wildman–Crippen LogP) is 1.67. The molecule has 1 aliphatic carbocycles. The van der Waals surface area contributed by atoms with Crippen LogP contribution in [0.2, 0.25) is 5.15 Å². The van der Waals surface area contributed by atoms with Crippen LogP contribution in [0.5, 0.6) is 0 Å². The van der Waals surface area contributed by atoms with Crippen LogP contribution in [0.3, 0.4) is 0 Å². The number of hydrogen-bond acceptors (Lipinski definition) is 5. The van der Waals surface area contributed by atoms with E-state index in [1.807, 2.05) is 6.07 Å². The van der Waals surface area contributed by atoms with E-state index in [-0.39, 0.29) is 18.1 Å². The van der Waals surface area contributed by atoms with Crippen LogP contribution in [0, 0.1) is 0 Å². The monoisotopic (exact) mass is 304 g/mol. The SMILES string of the molecule is CS(=O)(=O)OC1CCC(N)C(c2ccc(Cl)nc2)C1. The van der Waals surface area contributed by atoms with Crippen molar-refractivity contribution in [2.45, 2.75) is 37.3 Å². The third-order valence-corrected chi connectivity index (χ3v) is 4.19. The van der Waals surface area contributed by atoms with Crippen molar-refractivity contribution in [1.29, 1.82) is 0 Å². The van der Waals surface area contributed by atoms with Crippen LogP contribution < -0.4 is 5.73 Å². The molecule has 3 unspecified atom stereocenters. The number of aromatic nitrogens is 1.